The van der Waals surface area contributed by atoms with Gasteiger partial charge in [0.05, 0.1) is 10.6 Å². The number of aromatic nitrogens is 1. The van der Waals surface area contributed by atoms with Gasteiger partial charge >= 0.3 is 0 Å². The van der Waals surface area contributed by atoms with Gasteiger partial charge in [0, 0.05) is 54.4 Å². The molecule has 0 radical (unpaired) electrons. The Balaban J connectivity index is 2.05. The molecule has 1 heterocycles. The molecule has 0 aliphatic rings. The van der Waals surface area contributed by atoms with Gasteiger partial charge in [-0.15, -0.1) is 0 Å². The van der Waals surface area contributed by atoms with Crippen molar-refractivity contribution in [3.05, 3.63) is 98.4 Å². The van der Waals surface area contributed by atoms with E-state index in [9.17, 15) is 23.2 Å². The summed E-state index contributed by atoms with van der Waals surface area (Å²) in [4.78, 5) is 23.6. The minimum absolute atomic E-state index is 0.00571. The van der Waals surface area contributed by atoms with Crippen LogP contribution in [0, 0.1) is 6.92 Å². The van der Waals surface area contributed by atoms with Crippen LogP contribution >= 0.6 is 11.6 Å². The molecule has 0 fully saturated rings. The number of carbonyl (C=O) groups is 1. The molecule has 10 heteroatoms. The van der Waals surface area contributed by atoms with Gasteiger partial charge in [-0.1, -0.05) is 35.0 Å². The van der Waals surface area contributed by atoms with E-state index in [2.05, 4.69) is 5.16 Å². The smallest absolute Gasteiger partial charge is 0.250 e. The van der Waals surface area contributed by atoms with E-state index in [1.54, 1.807) is 36.4 Å². The van der Waals surface area contributed by atoms with Crippen molar-refractivity contribution in [1.82, 2.24) is 4.57 Å². The average Bonchev–Trinajstić information content (AvgIpc) is 2.80. The summed E-state index contributed by atoms with van der Waals surface area (Å²) in [5.74, 6) is -0.841. The van der Waals surface area contributed by atoms with E-state index in [0.29, 0.717) is 16.3 Å². The monoisotopic (exact) mass is 515 g/mol. The quantitative estimate of drug-likeness (QED) is 0.256. The Morgan fingerprint density at radius 2 is 1.83 bits per heavy atom. The molecular formula is C25H26ClN3O5S. The van der Waals surface area contributed by atoms with Crippen LogP contribution in [0.2, 0.25) is 5.02 Å². The van der Waals surface area contributed by atoms with Gasteiger partial charge in [-0.05, 0) is 53.9 Å². The first kappa shape index (κ1) is 26.2. The van der Waals surface area contributed by atoms with Gasteiger partial charge in [0.25, 0.3) is 5.56 Å². The van der Waals surface area contributed by atoms with Gasteiger partial charge in [0.2, 0.25) is 5.91 Å². The molecule has 35 heavy (non-hydrogen) atoms. The molecule has 0 aliphatic heterocycles. The molecule has 1 aromatic heterocycles. The second kappa shape index (κ2) is 10.9. The lowest BCUT2D eigenvalue weighted by atomic mass is 9.83. The summed E-state index contributed by atoms with van der Waals surface area (Å²) in [7, 11) is -3.36. The molecule has 3 rings (SSSR count). The summed E-state index contributed by atoms with van der Waals surface area (Å²) in [5, 5.41) is 14.0. The number of sulfone groups is 1. The van der Waals surface area contributed by atoms with E-state index in [1.807, 2.05) is 19.1 Å². The first-order valence-corrected chi connectivity index (χ1v) is 13.0. The summed E-state index contributed by atoms with van der Waals surface area (Å²) in [5.41, 5.74) is 8.35. The maximum Gasteiger partial charge on any atom is 0.250 e. The molecule has 8 nitrogen and oxygen atoms in total. The number of amides is 1. The third-order valence-electron chi connectivity index (χ3n) is 5.75. The molecule has 1 unspecified atom stereocenters. The van der Waals surface area contributed by atoms with Crippen LogP contribution in [0.15, 0.2) is 75.6 Å². The Labute approximate surface area is 208 Å². The Kier molecular flexibility index (Phi) is 8.14. The van der Waals surface area contributed by atoms with Crippen molar-refractivity contribution >= 4 is 33.1 Å². The lowest BCUT2D eigenvalue weighted by molar-refractivity contribution is -0.118. The van der Waals surface area contributed by atoms with Gasteiger partial charge < -0.3 is 15.5 Å². The predicted molar refractivity (Wildman–Crippen MR) is 135 cm³/mol. The van der Waals surface area contributed by atoms with E-state index in [-0.39, 0.29) is 35.8 Å². The van der Waals surface area contributed by atoms with Crippen molar-refractivity contribution in [1.29, 1.82) is 0 Å². The standard InChI is InChI=1S/C25H26ClN3O5S/c1-16-13-19(26)6-9-21(16)22(17-3-7-20(8-4-17)35(2,33)34)14-23(28-32)18-5-10-25(31)29(15-18)12-11-24(27)30/h3-10,13,15,22,32H,11-12,14H2,1-2H3,(H2,27,30). The number of hydrogen-bond acceptors (Lipinski definition) is 6. The Morgan fingerprint density at radius 3 is 2.40 bits per heavy atom. The SMILES string of the molecule is Cc1cc(Cl)ccc1C(CC(=NO)c1ccc(=O)n(CCC(N)=O)c1)c1ccc(S(C)(=O)=O)cc1. The molecule has 0 bridgehead atoms. The van der Waals surface area contributed by atoms with Gasteiger partial charge in [0.15, 0.2) is 9.84 Å². The van der Waals surface area contributed by atoms with Gasteiger partial charge in [-0.3, -0.25) is 9.59 Å². The zero-order valence-corrected chi connectivity index (χ0v) is 20.9. The summed E-state index contributed by atoms with van der Waals surface area (Å²) >= 11 is 6.16. The van der Waals surface area contributed by atoms with Gasteiger partial charge in [-0.25, -0.2) is 8.42 Å². The number of nitrogens with zero attached hydrogens (tertiary/aromatic N) is 2. The number of halogens is 1. The molecule has 3 aromatic rings. The van der Waals surface area contributed by atoms with E-state index in [0.717, 1.165) is 22.9 Å². The van der Waals surface area contributed by atoms with Crippen LogP contribution in [0.4, 0.5) is 0 Å². The summed E-state index contributed by atoms with van der Waals surface area (Å²) in [6.45, 7) is 2.02. The van der Waals surface area contributed by atoms with E-state index >= 15 is 0 Å². The normalized spacial score (nSPS) is 12.9. The van der Waals surface area contributed by atoms with Crippen LogP contribution in [0.25, 0.3) is 0 Å². The molecule has 1 atom stereocenters. The van der Waals surface area contributed by atoms with Gasteiger partial charge in [-0.2, -0.15) is 0 Å². The highest BCUT2D eigenvalue weighted by atomic mass is 35.5. The van der Waals surface area contributed by atoms with E-state index in [1.165, 1.54) is 16.8 Å². The largest absolute Gasteiger partial charge is 0.411 e. The zero-order valence-electron chi connectivity index (χ0n) is 19.3. The molecule has 0 saturated heterocycles. The number of rotatable bonds is 9. The molecular weight excluding hydrogens is 490 g/mol. The first-order valence-electron chi connectivity index (χ1n) is 10.8. The highest BCUT2D eigenvalue weighted by Crippen LogP contribution is 2.33. The number of oxime groups is 1. The highest BCUT2D eigenvalue weighted by molar-refractivity contribution is 7.90. The van der Waals surface area contributed by atoms with Crippen LogP contribution in [0.3, 0.4) is 0 Å². The summed E-state index contributed by atoms with van der Waals surface area (Å²) in [6, 6.07) is 14.9. The highest BCUT2D eigenvalue weighted by Gasteiger charge is 2.22. The Bertz CT molecular complexity index is 1430. The minimum Gasteiger partial charge on any atom is -0.411 e. The van der Waals surface area contributed by atoms with Crippen LogP contribution < -0.4 is 11.3 Å². The molecule has 0 aliphatic carbocycles. The second-order valence-corrected chi connectivity index (χ2v) is 10.8. The predicted octanol–water partition coefficient (Wildman–Crippen LogP) is 3.49. The first-order chi connectivity index (χ1) is 16.5. The Morgan fingerprint density at radius 1 is 1.14 bits per heavy atom. The fraction of sp³-hybridized carbons (Fsp3) is 0.240. The van der Waals surface area contributed by atoms with Crippen LogP contribution in [-0.2, 0) is 21.2 Å². The van der Waals surface area contributed by atoms with Gasteiger partial charge in [0.1, 0.15) is 0 Å². The van der Waals surface area contributed by atoms with Crippen LogP contribution in [-0.4, -0.2) is 36.1 Å². The number of carbonyl (C=O) groups excluding carboxylic acids is 1. The molecule has 3 N–H and O–H groups in total. The van der Waals surface area contributed by atoms with Crippen molar-refractivity contribution in [2.75, 3.05) is 6.26 Å². The molecule has 184 valence electrons. The maximum absolute atomic E-state index is 12.2. The Hall–Kier alpha value is -3.43. The average molecular weight is 516 g/mol. The summed E-state index contributed by atoms with van der Waals surface area (Å²) in [6.07, 6.45) is 2.91. The number of pyridine rings is 1. The van der Waals surface area contributed by atoms with Crippen molar-refractivity contribution in [3.8, 4) is 0 Å². The zero-order chi connectivity index (χ0) is 25.8. The maximum atomic E-state index is 12.2. The molecule has 0 saturated carbocycles. The number of primary amides is 1. The third kappa shape index (κ3) is 6.58. The third-order valence-corrected chi connectivity index (χ3v) is 7.12. The molecule has 0 spiro atoms. The fourth-order valence-electron chi connectivity index (χ4n) is 3.90. The van der Waals surface area contributed by atoms with Crippen molar-refractivity contribution in [2.45, 2.75) is 37.1 Å². The molecule has 2 aromatic carbocycles. The molecule has 1 amide bonds. The fourth-order valence-corrected chi connectivity index (χ4v) is 4.76. The number of aryl methyl sites for hydroxylation is 2. The van der Waals surface area contributed by atoms with Crippen LogP contribution in [0.5, 0.6) is 0 Å². The van der Waals surface area contributed by atoms with E-state index < -0.39 is 15.7 Å². The van der Waals surface area contributed by atoms with Crippen LogP contribution in [0.1, 0.15) is 41.0 Å². The van der Waals surface area contributed by atoms with E-state index in [4.69, 9.17) is 17.3 Å². The lowest BCUT2D eigenvalue weighted by Crippen LogP contribution is -2.24. The number of nitrogens with two attached hydrogens (primary N) is 1. The van der Waals surface area contributed by atoms with Crippen molar-refractivity contribution < 1.29 is 18.4 Å². The lowest BCUT2D eigenvalue weighted by Gasteiger charge is -2.21. The van der Waals surface area contributed by atoms with Crippen molar-refractivity contribution in [2.24, 2.45) is 10.9 Å². The summed E-state index contributed by atoms with van der Waals surface area (Å²) < 4.78 is 25.2. The minimum atomic E-state index is -3.36. The second-order valence-electron chi connectivity index (χ2n) is 8.31. The number of hydrogen-bond donors (Lipinski definition) is 2. The topological polar surface area (TPSA) is 132 Å². The number of benzene rings is 2. The van der Waals surface area contributed by atoms with Crippen molar-refractivity contribution in [3.63, 3.8) is 0 Å².